The maximum Gasteiger partial charge on any atom is 0.405 e. The number of nitrogens with one attached hydrogen (secondary N) is 2. The lowest BCUT2D eigenvalue weighted by molar-refractivity contribution is -0.171. The Hall–Kier alpha value is -4.17. The molecule has 1 atom stereocenters. The van der Waals surface area contributed by atoms with Crippen LogP contribution < -0.4 is 10.6 Å². The van der Waals surface area contributed by atoms with Crippen LogP contribution in [0, 0.1) is 0 Å². The molecule has 0 fully saturated rings. The number of carbonyl (C=O) groups excluding carboxylic acids is 2. The topological polar surface area (TPSA) is 108 Å². The maximum absolute atomic E-state index is 13.4. The molecule has 0 spiro atoms. The second-order valence-electron chi connectivity index (χ2n) is 7.62. The molecule has 0 aliphatic heterocycles. The first-order chi connectivity index (χ1) is 16.4. The molecule has 34 heavy (non-hydrogen) atoms. The van der Waals surface area contributed by atoms with Crippen LogP contribution in [0.5, 0.6) is 0 Å². The summed E-state index contributed by atoms with van der Waals surface area (Å²) in [5, 5.41) is 15.3. The summed E-state index contributed by atoms with van der Waals surface area (Å²) in [4.78, 5) is 42.2. The SMILES string of the molecule is CON(C)C(=O)[C@@H](CC(=O)NC(c1ccccc1)(c1ccccc1)c1ccccc1)NC(=O)O. The highest BCUT2D eigenvalue weighted by atomic mass is 16.7. The van der Waals surface area contributed by atoms with Crippen molar-refractivity contribution in [3.63, 3.8) is 0 Å². The van der Waals surface area contributed by atoms with Crippen LogP contribution in [0.3, 0.4) is 0 Å². The third-order valence-electron chi connectivity index (χ3n) is 5.52. The van der Waals surface area contributed by atoms with E-state index in [0.717, 1.165) is 21.8 Å². The Morgan fingerprint density at radius 1 is 0.853 bits per heavy atom. The molecule has 0 unspecified atom stereocenters. The van der Waals surface area contributed by atoms with Crippen molar-refractivity contribution < 1.29 is 24.3 Å². The van der Waals surface area contributed by atoms with Gasteiger partial charge in [-0.25, -0.2) is 9.86 Å². The zero-order valence-corrected chi connectivity index (χ0v) is 19.0. The molecule has 8 heteroatoms. The van der Waals surface area contributed by atoms with Gasteiger partial charge in [0, 0.05) is 7.05 Å². The van der Waals surface area contributed by atoms with Crippen molar-refractivity contribution in [3.8, 4) is 0 Å². The van der Waals surface area contributed by atoms with E-state index in [-0.39, 0.29) is 0 Å². The van der Waals surface area contributed by atoms with Crippen LogP contribution in [0.1, 0.15) is 23.1 Å². The highest BCUT2D eigenvalue weighted by Crippen LogP contribution is 2.36. The molecule has 0 aliphatic rings. The first kappa shape index (κ1) is 24.5. The van der Waals surface area contributed by atoms with E-state index in [2.05, 4.69) is 10.6 Å². The summed E-state index contributed by atoms with van der Waals surface area (Å²) < 4.78 is 0. The van der Waals surface area contributed by atoms with Gasteiger partial charge >= 0.3 is 6.09 Å². The number of benzene rings is 3. The number of likely N-dealkylation sites (N-methyl/N-ethyl adjacent to an activating group) is 1. The van der Waals surface area contributed by atoms with Crippen molar-refractivity contribution in [1.82, 2.24) is 15.7 Å². The average molecular weight is 462 g/mol. The van der Waals surface area contributed by atoms with Gasteiger partial charge in [-0.05, 0) is 16.7 Å². The van der Waals surface area contributed by atoms with E-state index in [0.29, 0.717) is 0 Å². The molecular formula is C26H27N3O5. The highest BCUT2D eigenvalue weighted by Gasteiger charge is 2.39. The Kier molecular flexibility index (Phi) is 8.00. The normalized spacial score (nSPS) is 11.8. The molecule has 0 aliphatic carbocycles. The van der Waals surface area contributed by atoms with E-state index >= 15 is 0 Å². The van der Waals surface area contributed by atoms with Gasteiger partial charge in [-0.3, -0.25) is 14.4 Å². The second kappa shape index (κ2) is 11.1. The van der Waals surface area contributed by atoms with Crippen LogP contribution in [0.2, 0.25) is 0 Å². The summed E-state index contributed by atoms with van der Waals surface area (Å²) in [7, 11) is 2.63. The fourth-order valence-electron chi connectivity index (χ4n) is 3.89. The van der Waals surface area contributed by atoms with Gasteiger partial charge in [0.25, 0.3) is 5.91 Å². The molecule has 3 aromatic carbocycles. The number of carboxylic acid groups (broad SMARTS) is 1. The fraction of sp³-hybridized carbons (Fsp3) is 0.192. The summed E-state index contributed by atoms with van der Waals surface area (Å²) in [6, 6.07) is 27.1. The zero-order chi connectivity index (χ0) is 24.6. The van der Waals surface area contributed by atoms with Crippen LogP contribution >= 0.6 is 0 Å². The lowest BCUT2D eigenvalue weighted by Gasteiger charge is -2.37. The quantitative estimate of drug-likeness (QED) is 0.335. The Balaban J connectivity index is 2.08. The number of hydroxylamine groups is 2. The molecule has 176 valence electrons. The fourth-order valence-corrected chi connectivity index (χ4v) is 3.89. The summed E-state index contributed by atoms with van der Waals surface area (Å²) in [5.41, 5.74) is 1.35. The van der Waals surface area contributed by atoms with Crippen molar-refractivity contribution in [1.29, 1.82) is 0 Å². The molecule has 0 saturated carbocycles. The van der Waals surface area contributed by atoms with Gasteiger partial charge in [0.2, 0.25) is 5.91 Å². The number of hydrogen-bond acceptors (Lipinski definition) is 4. The molecule has 3 N–H and O–H groups in total. The van der Waals surface area contributed by atoms with Gasteiger partial charge in [-0.15, -0.1) is 0 Å². The Bertz CT molecular complexity index is 1010. The Labute approximate surface area is 198 Å². The van der Waals surface area contributed by atoms with Gasteiger partial charge in [-0.2, -0.15) is 0 Å². The molecular weight excluding hydrogens is 434 g/mol. The van der Waals surface area contributed by atoms with Gasteiger partial charge in [0.1, 0.15) is 11.6 Å². The molecule has 3 rings (SSSR count). The van der Waals surface area contributed by atoms with Crippen LogP contribution in [0.25, 0.3) is 0 Å². The lowest BCUT2D eigenvalue weighted by atomic mass is 9.77. The lowest BCUT2D eigenvalue weighted by Crippen LogP contribution is -2.52. The van der Waals surface area contributed by atoms with E-state index in [9.17, 15) is 19.5 Å². The van der Waals surface area contributed by atoms with Crippen molar-refractivity contribution in [3.05, 3.63) is 108 Å². The monoisotopic (exact) mass is 461 g/mol. The van der Waals surface area contributed by atoms with E-state index in [1.54, 1.807) is 0 Å². The van der Waals surface area contributed by atoms with Crippen molar-refractivity contribution in [2.75, 3.05) is 14.2 Å². The van der Waals surface area contributed by atoms with E-state index in [4.69, 9.17) is 4.84 Å². The minimum absolute atomic E-state index is 0.424. The number of rotatable bonds is 9. The zero-order valence-electron chi connectivity index (χ0n) is 19.0. The van der Waals surface area contributed by atoms with E-state index < -0.39 is 35.9 Å². The highest BCUT2D eigenvalue weighted by molar-refractivity contribution is 5.90. The van der Waals surface area contributed by atoms with Crippen LogP contribution in [0.15, 0.2) is 91.0 Å². The van der Waals surface area contributed by atoms with Crippen LogP contribution in [-0.4, -0.2) is 48.3 Å². The number of hydrogen-bond donors (Lipinski definition) is 3. The molecule has 0 aromatic heterocycles. The third-order valence-corrected chi connectivity index (χ3v) is 5.52. The van der Waals surface area contributed by atoms with Crippen molar-refractivity contribution in [2.45, 2.75) is 18.0 Å². The van der Waals surface area contributed by atoms with Gasteiger partial charge in [0.15, 0.2) is 0 Å². The van der Waals surface area contributed by atoms with E-state index in [1.807, 2.05) is 91.0 Å². The minimum atomic E-state index is -1.42. The summed E-state index contributed by atoms with van der Waals surface area (Å²) >= 11 is 0. The molecule has 0 bridgehead atoms. The molecule has 0 heterocycles. The van der Waals surface area contributed by atoms with Gasteiger partial charge < -0.3 is 15.7 Å². The average Bonchev–Trinajstić information content (AvgIpc) is 2.87. The van der Waals surface area contributed by atoms with Crippen molar-refractivity contribution in [2.24, 2.45) is 0 Å². The Morgan fingerprint density at radius 3 is 1.62 bits per heavy atom. The maximum atomic E-state index is 13.4. The van der Waals surface area contributed by atoms with Crippen molar-refractivity contribution >= 4 is 17.9 Å². The number of amides is 3. The third kappa shape index (κ3) is 5.41. The molecule has 0 saturated heterocycles. The van der Waals surface area contributed by atoms with Gasteiger partial charge in [0.05, 0.1) is 13.5 Å². The largest absolute Gasteiger partial charge is 0.465 e. The smallest absolute Gasteiger partial charge is 0.405 e. The molecule has 3 aromatic rings. The number of carbonyl (C=O) groups is 3. The first-order valence-corrected chi connectivity index (χ1v) is 10.7. The summed E-state index contributed by atoms with van der Waals surface area (Å²) in [6.07, 6.45) is -1.84. The van der Waals surface area contributed by atoms with Crippen LogP contribution in [0.4, 0.5) is 4.79 Å². The Morgan fingerprint density at radius 2 is 1.26 bits per heavy atom. The standard InChI is InChI=1S/C26H27N3O5/c1-29(34-2)24(31)22(27-25(32)33)18-23(30)28-26(19-12-6-3-7-13-19,20-14-8-4-9-15-20)21-16-10-5-11-17-21/h3-17,22,27H,18H2,1-2H3,(H,28,30)(H,32,33)/t22-/m1/s1. The predicted molar refractivity (Wildman–Crippen MR) is 127 cm³/mol. The first-order valence-electron chi connectivity index (χ1n) is 10.7. The molecule has 0 radical (unpaired) electrons. The van der Waals surface area contributed by atoms with Gasteiger partial charge in [-0.1, -0.05) is 91.0 Å². The molecule has 3 amide bonds. The number of nitrogens with zero attached hydrogens (tertiary/aromatic N) is 1. The molecule has 8 nitrogen and oxygen atoms in total. The van der Waals surface area contributed by atoms with E-state index in [1.165, 1.54) is 14.2 Å². The predicted octanol–water partition coefficient (Wildman–Crippen LogP) is 3.14. The van der Waals surface area contributed by atoms with Crippen LogP contribution in [-0.2, 0) is 20.0 Å². The minimum Gasteiger partial charge on any atom is -0.465 e. The summed E-state index contributed by atoms with van der Waals surface area (Å²) in [5.74, 6) is -1.21. The second-order valence-corrected chi connectivity index (χ2v) is 7.62. The summed E-state index contributed by atoms with van der Waals surface area (Å²) in [6.45, 7) is 0.